The predicted octanol–water partition coefficient (Wildman–Crippen LogP) is 3.44. The number of carboxylic acid groups (broad SMARTS) is 1. The Morgan fingerprint density at radius 1 is 1.15 bits per heavy atom. The van der Waals surface area contributed by atoms with Crippen LogP contribution in [0.3, 0.4) is 0 Å². The van der Waals surface area contributed by atoms with Gasteiger partial charge in [0.1, 0.15) is 24.0 Å². The first-order chi connectivity index (χ1) is 22.4. The average Bonchev–Trinajstić information content (AvgIpc) is 3.51. The van der Waals surface area contributed by atoms with Crippen molar-refractivity contribution in [3.8, 4) is 5.75 Å². The summed E-state index contributed by atoms with van der Waals surface area (Å²) in [5.41, 5.74) is -3.05. The number of nitrogens with one attached hydrogen (secondary N) is 1. The Hall–Kier alpha value is -3.49. The third-order valence-corrected chi connectivity index (χ3v) is 12.4. The molecule has 8 rings (SSSR count). The van der Waals surface area contributed by atoms with Gasteiger partial charge in [-0.2, -0.15) is 13.2 Å². The monoisotopic (exact) mass is 658 g/mol. The molecule has 14 heteroatoms. The number of aromatic nitrogens is 2. The van der Waals surface area contributed by atoms with Gasteiger partial charge in [-0.05, 0) is 97.8 Å². The maximum absolute atomic E-state index is 14.7. The second-order valence-corrected chi connectivity index (χ2v) is 14.5. The fourth-order valence-electron chi connectivity index (χ4n) is 10.4. The number of hydrogen-bond donors (Lipinski definition) is 4. The molecule has 47 heavy (non-hydrogen) atoms. The van der Waals surface area contributed by atoms with Gasteiger partial charge in [0.05, 0.1) is 12.2 Å². The van der Waals surface area contributed by atoms with Crippen molar-refractivity contribution in [2.75, 3.05) is 37.9 Å². The number of halogens is 3. The lowest BCUT2D eigenvalue weighted by Gasteiger charge is -2.53. The van der Waals surface area contributed by atoms with Gasteiger partial charge in [-0.25, -0.2) is 14.8 Å². The highest BCUT2D eigenvalue weighted by Gasteiger charge is 2.78. The Kier molecular flexibility index (Phi) is 6.89. The number of alkyl halides is 3. The number of anilines is 2. The third kappa shape index (κ3) is 4.43. The first-order valence-electron chi connectivity index (χ1n) is 16.3. The lowest BCUT2D eigenvalue weighted by Crippen LogP contribution is -2.65. The number of carbonyl (C=O) groups excluding carboxylic acids is 1. The van der Waals surface area contributed by atoms with Crippen LogP contribution in [0.25, 0.3) is 0 Å². The van der Waals surface area contributed by atoms with E-state index in [1.807, 2.05) is 0 Å². The van der Waals surface area contributed by atoms with Gasteiger partial charge in [-0.15, -0.1) is 0 Å². The normalized spacial score (nSPS) is 33.3. The van der Waals surface area contributed by atoms with Crippen molar-refractivity contribution in [3.05, 3.63) is 41.2 Å². The maximum Gasteiger partial charge on any atom is 0.434 e. The number of aliphatic hydroxyl groups excluding tert-OH is 2. The fraction of sp³-hybridized carbons (Fsp3) is 0.636. The molecule has 2 spiro atoms. The summed E-state index contributed by atoms with van der Waals surface area (Å²) >= 11 is 0. The zero-order valence-corrected chi connectivity index (χ0v) is 25.6. The van der Waals surface area contributed by atoms with Crippen LogP contribution in [0.4, 0.5) is 24.8 Å². The zero-order chi connectivity index (χ0) is 32.9. The van der Waals surface area contributed by atoms with E-state index in [0.717, 1.165) is 24.6 Å². The minimum atomic E-state index is -5.02. The molecule has 1 aromatic heterocycles. The number of aliphatic hydroxyl groups is 2. The molecule has 4 aliphatic carbocycles. The molecule has 7 atom stereocenters. The SMILES string of the molecule is O=C(NC1(C(=O)O)C2CC3CC4CC1C4(C3)C2)c1cnc(N2CC3(CCOCC3)c3cc(OC[C@H](O)CO)ccc32)nc1C(F)(F)F. The van der Waals surface area contributed by atoms with Crippen molar-refractivity contribution in [1.29, 1.82) is 0 Å². The largest absolute Gasteiger partial charge is 0.491 e. The first kappa shape index (κ1) is 30.8. The highest BCUT2D eigenvalue weighted by molar-refractivity contribution is 5.99. The van der Waals surface area contributed by atoms with Gasteiger partial charge in [0, 0.05) is 37.1 Å². The maximum atomic E-state index is 14.7. The topological polar surface area (TPSA) is 154 Å². The molecular weight excluding hydrogens is 621 g/mol. The van der Waals surface area contributed by atoms with Crippen molar-refractivity contribution in [2.24, 2.45) is 29.1 Å². The minimum Gasteiger partial charge on any atom is -0.491 e. The smallest absolute Gasteiger partial charge is 0.434 e. The van der Waals surface area contributed by atoms with E-state index in [1.165, 1.54) is 0 Å². The standard InChI is InChI=1S/C33H37F3N4O7/c34-33(35,36)26-22(27(43)39-32(28(44)45)19-8-17-7-18-9-25(32)31(18,11-17)12-19)13-37-29(38-26)40-16-30(3-5-46-6-4-30)23-10-21(1-2-24(23)40)47-15-20(42)14-41/h1-2,10,13,17-20,25,41-42H,3-9,11-12,14-16H2,(H,39,43)(H,44,45)/t17?,18?,19?,20-,25?,31?,32?/m1/s1. The number of aliphatic carboxylic acids is 1. The number of nitrogens with zero attached hydrogens (tertiary/aromatic N) is 3. The summed E-state index contributed by atoms with van der Waals surface area (Å²) in [7, 11) is 0. The lowest BCUT2D eigenvalue weighted by molar-refractivity contribution is -0.153. The number of amides is 1. The number of fused-ring (bicyclic) bond motifs is 4. The Bertz CT molecular complexity index is 1630. The molecule has 2 aromatic rings. The molecule has 1 aromatic carbocycles. The highest BCUT2D eigenvalue weighted by Crippen LogP contribution is 2.78. The van der Waals surface area contributed by atoms with E-state index in [-0.39, 0.29) is 36.4 Å². The molecule has 1 amide bonds. The fourth-order valence-corrected chi connectivity index (χ4v) is 10.4. The third-order valence-electron chi connectivity index (χ3n) is 12.4. The van der Waals surface area contributed by atoms with Gasteiger partial charge < -0.3 is 35.0 Å². The van der Waals surface area contributed by atoms with Crippen LogP contribution < -0.4 is 15.0 Å². The second kappa shape index (κ2) is 10.5. The molecule has 0 radical (unpaired) electrons. The van der Waals surface area contributed by atoms with Gasteiger partial charge in [0.25, 0.3) is 5.91 Å². The minimum absolute atomic E-state index is 0.135. The Balaban J connectivity index is 1.13. The molecule has 11 nitrogen and oxygen atoms in total. The quantitative estimate of drug-likeness (QED) is 0.332. The highest BCUT2D eigenvalue weighted by atomic mass is 19.4. The van der Waals surface area contributed by atoms with E-state index in [2.05, 4.69) is 15.3 Å². The molecular formula is C33H37F3N4O7. The molecule has 252 valence electrons. The number of carboxylic acids is 1. The summed E-state index contributed by atoms with van der Waals surface area (Å²) in [5, 5.41) is 32.1. The van der Waals surface area contributed by atoms with Crippen LogP contribution in [0.1, 0.15) is 66.6 Å². The van der Waals surface area contributed by atoms with E-state index in [0.29, 0.717) is 68.6 Å². The number of carbonyl (C=O) groups is 2. The van der Waals surface area contributed by atoms with Crippen LogP contribution in [0.5, 0.6) is 5.75 Å². The number of hydrogen-bond acceptors (Lipinski definition) is 9. The predicted molar refractivity (Wildman–Crippen MR) is 158 cm³/mol. The van der Waals surface area contributed by atoms with E-state index in [4.69, 9.17) is 14.6 Å². The molecule has 3 bridgehead atoms. The first-order valence-corrected chi connectivity index (χ1v) is 16.3. The van der Waals surface area contributed by atoms with Crippen molar-refractivity contribution in [3.63, 3.8) is 0 Å². The molecule has 6 aliphatic rings. The Morgan fingerprint density at radius 3 is 2.64 bits per heavy atom. The van der Waals surface area contributed by atoms with E-state index >= 15 is 0 Å². The summed E-state index contributed by atoms with van der Waals surface area (Å²) in [5.74, 6) is -1.91. The second-order valence-electron chi connectivity index (χ2n) is 14.5. The Labute approximate surface area is 268 Å². The Morgan fingerprint density at radius 2 is 1.91 bits per heavy atom. The van der Waals surface area contributed by atoms with Crippen molar-refractivity contribution < 1.29 is 47.6 Å². The number of rotatable bonds is 8. The zero-order valence-electron chi connectivity index (χ0n) is 25.6. The van der Waals surface area contributed by atoms with E-state index in [9.17, 15) is 33.0 Å². The lowest BCUT2D eigenvalue weighted by atomic mass is 9.53. The molecule has 4 saturated carbocycles. The number of benzene rings is 1. The summed E-state index contributed by atoms with van der Waals surface area (Å²) in [6, 6.07) is 5.12. The van der Waals surface area contributed by atoms with Crippen LogP contribution in [-0.4, -0.2) is 81.8 Å². The average molecular weight is 659 g/mol. The van der Waals surface area contributed by atoms with Gasteiger partial charge in [-0.1, -0.05) is 0 Å². The van der Waals surface area contributed by atoms with Crippen LogP contribution in [0.2, 0.25) is 0 Å². The van der Waals surface area contributed by atoms with E-state index in [1.54, 1.807) is 23.1 Å². The molecule has 3 heterocycles. The molecule has 6 unspecified atom stereocenters. The van der Waals surface area contributed by atoms with Crippen molar-refractivity contribution in [2.45, 2.75) is 68.2 Å². The van der Waals surface area contributed by atoms with Crippen LogP contribution in [-0.2, 0) is 21.1 Å². The van der Waals surface area contributed by atoms with Crippen LogP contribution in [0.15, 0.2) is 24.4 Å². The number of ether oxygens (including phenoxy) is 2. The van der Waals surface area contributed by atoms with Crippen LogP contribution in [0, 0.1) is 29.1 Å². The molecule has 4 N–H and O–H groups in total. The summed E-state index contributed by atoms with van der Waals surface area (Å²) in [4.78, 5) is 36.5. The summed E-state index contributed by atoms with van der Waals surface area (Å²) in [6.07, 6.45) is -0.0377. The summed E-state index contributed by atoms with van der Waals surface area (Å²) in [6.45, 7) is 0.570. The van der Waals surface area contributed by atoms with Crippen LogP contribution >= 0.6 is 0 Å². The van der Waals surface area contributed by atoms with Gasteiger partial charge in [0.2, 0.25) is 5.95 Å². The molecule has 2 aliphatic heterocycles. The summed E-state index contributed by atoms with van der Waals surface area (Å²) < 4.78 is 55.3. The molecule has 5 fully saturated rings. The van der Waals surface area contributed by atoms with E-state index < -0.39 is 53.0 Å². The van der Waals surface area contributed by atoms with Crippen molar-refractivity contribution in [1.82, 2.24) is 15.3 Å². The van der Waals surface area contributed by atoms with Gasteiger partial charge >= 0.3 is 12.1 Å². The van der Waals surface area contributed by atoms with Gasteiger partial charge in [0.15, 0.2) is 5.69 Å². The molecule has 1 saturated heterocycles. The van der Waals surface area contributed by atoms with Crippen molar-refractivity contribution >= 4 is 23.5 Å². The van der Waals surface area contributed by atoms with Gasteiger partial charge in [-0.3, -0.25) is 4.79 Å².